The number of carbonyl (C=O) groups is 1. The molecule has 110 valence electrons. The lowest BCUT2D eigenvalue weighted by Crippen LogP contribution is -2.15. The fraction of sp³-hybridized carbons (Fsp3) is 0.471. The van der Waals surface area contributed by atoms with Crippen molar-refractivity contribution in [3.8, 4) is 0 Å². The number of nitrogens with one attached hydrogen (secondary N) is 1. The minimum atomic E-state index is -0.251. The third kappa shape index (κ3) is 4.41. The molecule has 1 rings (SSSR count). The van der Waals surface area contributed by atoms with Crippen LogP contribution in [0, 0.1) is 0 Å². The summed E-state index contributed by atoms with van der Waals surface area (Å²) in [5.74, 6) is -0.251. The highest BCUT2D eigenvalue weighted by molar-refractivity contribution is 5.88. The molecule has 0 spiro atoms. The summed E-state index contributed by atoms with van der Waals surface area (Å²) in [5.41, 5.74) is 3.16. The lowest BCUT2D eigenvalue weighted by Gasteiger charge is -2.23. The van der Waals surface area contributed by atoms with Crippen molar-refractivity contribution >= 4 is 11.7 Å². The van der Waals surface area contributed by atoms with Crippen LogP contribution in [0.3, 0.4) is 0 Å². The van der Waals surface area contributed by atoms with E-state index in [0.717, 1.165) is 5.69 Å². The van der Waals surface area contributed by atoms with Gasteiger partial charge in [0.15, 0.2) is 0 Å². The van der Waals surface area contributed by atoms with Gasteiger partial charge in [0, 0.05) is 17.8 Å². The van der Waals surface area contributed by atoms with Crippen LogP contribution in [0.5, 0.6) is 0 Å². The number of anilines is 1. The van der Waals surface area contributed by atoms with Crippen LogP contribution in [0.1, 0.15) is 39.7 Å². The maximum atomic E-state index is 11.5. The van der Waals surface area contributed by atoms with E-state index in [4.69, 9.17) is 4.74 Å². The standard InChI is InChI=1S/C17H25NO2/c1-6-13(16(19)20-5)11-12-18-15-10-8-7-9-14(15)17(2,3)4/h7-11,18H,6,12H2,1-5H3/b13-11-. The molecule has 0 amide bonds. The van der Waals surface area contributed by atoms with Crippen LogP contribution in [0.2, 0.25) is 0 Å². The molecular weight excluding hydrogens is 250 g/mol. The van der Waals surface area contributed by atoms with Crippen molar-refractivity contribution in [3.63, 3.8) is 0 Å². The second-order valence-corrected chi connectivity index (χ2v) is 5.75. The molecule has 0 saturated carbocycles. The predicted octanol–water partition coefficient (Wildman–Crippen LogP) is 3.91. The Morgan fingerprint density at radius 1 is 1.30 bits per heavy atom. The first kappa shape index (κ1) is 16.3. The number of ether oxygens (including phenoxy) is 1. The van der Waals surface area contributed by atoms with Gasteiger partial charge in [-0.15, -0.1) is 0 Å². The summed E-state index contributed by atoms with van der Waals surface area (Å²) in [6.07, 6.45) is 2.57. The largest absolute Gasteiger partial charge is 0.466 e. The molecular formula is C17H25NO2. The minimum absolute atomic E-state index is 0.0866. The van der Waals surface area contributed by atoms with Crippen LogP contribution in [-0.4, -0.2) is 19.6 Å². The zero-order valence-electron chi connectivity index (χ0n) is 13.1. The van der Waals surface area contributed by atoms with Crippen LogP contribution in [0.15, 0.2) is 35.9 Å². The molecule has 0 bridgehead atoms. The lowest BCUT2D eigenvalue weighted by atomic mass is 9.86. The van der Waals surface area contributed by atoms with Crippen molar-refractivity contribution in [1.29, 1.82) is 0 Å². The molecule has 0 atom stereocenters. The fourth-order valence-corrected chi connectivity index (χ4v) is 2.08. The van der Waals surface area contributed by atoms with Gasteiger partial charge in [-0.2, -0.15) is 0 Å². The molecule has 1 aromatic rings. The number of hydrogen-bond acceptors (Lipinski definition) is 3. The number of benzene rings is 1. The van der Waals surface area contributed by atoms with Crippen LogP contribution in [0.25, 0.3) is 0 Å². The van der Waals surface area contributed by atoms with Crippen LogP contribution < -0.4 is 5.32 Å². The maximum absolute atomic E-state index is 11.5. The minimum Gasteiger partial charge on any atom is -0.466 e. The first-order chi connectivity index (χ1) is 9.40. The van der Waals surface area contributed by atoms with Crippen molar-refractivity contribution in [1.82, 2.24) is 0 Å². The monoisotopic (exact) mass is 275 g/mol. The van der Waals surface area contributed by atoms with Crippen molar-refractivity contribution in [2.24, 2.45) is 0 Å². The molecule has 3 nitrogen and oxygen atoms in total. The Morgan fingerprint density at radius 3 is 2.50 bits per heavy atom. The van der Waals surface area contributed by atoms with Gasteiger partial charge >= 0.3 is 5.97 Å². The molecule has 0 radical (unpaired) electrons. The Labute approximate surface area is 122 Å². The third-order valence-corrected chi connectivity index (χ3v) is 3.20. The molecule has 0 fully saturated rings. The van der Waals surface area contributed by atoms with E-state index in [1.165, 1.54) is 12.7 Å². The topological polar surface area (TPSA) is 38.3 Å². The number of carbonyl (C=O) groups excluding carboxylic acids is 1. The number of para-hydroxylation sites is 1. The predicted molar refractivity (Wildman–Crippen MR) is 84.0 cm³/mol. The molecule has 0 unspecified atom stereocenters. The zero-order chi connectivity index (χ0) is 15.2. The first-order valence-corrected chi connectivity index (χ1v) is 7.00. The molecule has 1 N–H and O–H groups in total. The lowest BCUT2D eigenvalue weighted by molar-refractivity contribution is -0.136. The van der Waals surface area contributed by atoms with Gasteiger partial charge in [0.05, 0.1) is 7.11 Å². The van der Waals surface area contributed by atoms with E-state index in [0.29, 0.717) is 18.5 Å². The highest BCUT2D eigenvalue weighted by atomic mass is 16.5. The summed E-state index contributed by atoms with van der Waals surface area (Å²) in [4.78, 5) is 11.5. The number of methoxy groups -OCH3 is 1. The van der Waals surface area contributed by atoms with Gasteiger partial charge in [0.25, 0.3) is 0 Å². The summed E-state index contributed by atoms with van der Waals surface area (Å²) >= 11 is 0. The third-order valence-electron chi connectivity index (χ3n) is 3.20. The summed E-state index contributed by atoms with van der Waals surface area (Å²) in [6, 6.07) is 8.27. The Hall–Kier alpha value is -1.77. The van der Waals surface area contributed by atoms with E-state index in [9.17, 15) is 4.79 Å². The average molecular weight is 275 g/mol. The Kier molecular flexibility index (Phi) is 5.81. The second kappa shape index (κ2) is 7.13. The molecule has 0 aliphatic heterocycles. The normalized spacial score (nSPS) is 12.2. The number of hydrogen-bond donors (Lipinski definition) is 1. The Balaban J connectivity index is 2.81. The summed E-state index contributed by atoms with van der Waals surface area (Å²) in [6.45, 7) is 9.14. The second-order valence-electron chi connectivity index (χ2n) is 5.75. The van der Waals surface area contributed by atoms with Crippen LogP contribution >= 0.6 is 0 Å². The molecule has 0 aliphatic rings. The summed E-state index contributed by atoms with van der Waals surface area (Å²) in [5, 5.41) is 3.38. The molecule has 0 heterocycles. The van der Waals surface area contributed by atoms with Crippen LogP contribution in [0.4, 0.5) is 5.69 Å². The van der Waals surface area contributed by atoms with Gasteiger partial charge in [-0.3, -0.25) is 0 Å². The van der Waals surface area contributed by atoms with Crippen LogP contribution in [-0.2, 0) is 14.9 Å². The Bertz CT molecular complexity index is 484. The van der Waals surface area contributed by atoms with Crippen molar-refractivity contribution in [3.05, 3.63) is 41.5 Å². The van der Waals surface area contributed by atoms with Crippen molar-refractivity contribution in [2.45, 2.75) is 39.5 Å². The highest BCUT2D eigenvalue weighted by Crippen LogP contribution is 2.29. The van der Waals surface area contributed by atoms with Gasteiger partial charge in [0.2, 0.25) is 0 Å². The molecule has 1 aromatic carbocycles. The van der Waals surface area contributed by atoms with Gasteiger partial charge in [-0.1, -0.05) is 52.0 Å². The van der Waals surface area contributed by atoms with E-state index in [1.54, 1.807) is 0 Å². The van der Waals surface area contributed by atoms with Crippen molar-refractivity contribution in [2.75, 3.05) is 19.0 Å². The number of rotatable bonds is 5. The fourth-order valence-electron chi connectivity index (χ4n) is 2.08. The van der Waals surface area contributed by atoms with E-state index in [2.05, 4.69) is 38.2 Å². The van der Waals surface area contributed by atoms with Gasteiger partial charge in [-0.25, -0.2) is 4.79 Å². The van der Waals surface area contributed by atoms with E-state index in [-0.39, 0.29) is 11.4 Å². The van der Waals surface area contributed by atoms with E-state index >= 15 is 0 Å². The summed E-state index contributed by atoms with van der Waals surface area (Å²) in [7, 11) is 1.41. The Morgan fingerprint density at radius 2 is 1.95 bits per heavy atom. The number of esters is 1. The molecule has 0 saturated heterocycles. The maximum Gasteiger partial charge on any atom is 0.333 e. The van der Waals surface area contributed by atoms with Gasteiger partial charge in [0.1, 0.15) is 0 Å². The SMILES string of the molecule is CC/C(=C/CNc1ccccc1C(C)(C)C)C(=O)OC. The quantitative estimate of drug-likeness (QED) is 0.654. The molecule has 0 aliphatic carbocycles. The first-order valence-electron chi connectivity index (χ1n) is 7.00. The van der Waals surface area contributed by atoms with E-state index in [1.807, 2.05) is 25.1 Å². The van der Waals surface area contributed by atoms with Crippen molar-refractivity contribution < 1.29 is 9.53 Å². The summed E-state index contributed by atoms with van der Waals surface area (Å²) < 4.78 is 4.75. The zero-order valence-corrected chi connectivity index (χ0v) is 13.1. The smallest absolute Gasteiger partial charge is 0.333 e. The molecule has 3 heteroatoms. The average Bonchev–Trinajstić information content (AvgIpc) is 2.42. The van der Waals surface area contributed by atoms with Gasteiger partial charge < -0.3 is 10.1 Å². The van der Waals surface area contributed by atoms with Gasteiger partial charge in [-0.05, 0) is 23.5 Å². The molecule has 0 aromatic heterocycles. The highest BCUT2D eigenvalue weighted by Gasteiger charge is 2.16. The molecule has 20 heavy (non-hydrogen) atoms. The van der Waals surface area contributed by atoms with E-state index < -0.39 is 0 Å².